The molecule has 0 aliphatic rings. The van der Waals surface area contributed by atoms with Crippen molar-refractivity contribution in [3.05, 3.63) is 48.0 Å². The van der Waals surface area contributed by atoms with Gasteiger partial charge in [0.25, 0.3) is 0 Å². The number of carbonyl (C=O) groups is 1. The molecule has 2 aromatic rings. The predicted octanol–water partition coefficient (Wildman–Crippen LogP) is 4.00. The van der Waals surface area contributed by atoms with E-state index in [0.29, 0.717) is 5.78 Å². The molecule has 1 atom stereocenters. The first-order valence-electron chi connectivity index (χ1n) is 6.19. The van der Waals surface area contributed by atoms with Crippen LogP contribution in [0.1, 0.15) is 25.8 Å². The Hall–Kier alpha value is -1.63. The summed E-state index contributed by atoms with van der Waals surface area (Å²) < 4.78 is 0. The van der Waals surface area contributed by atoms with Crippen molar-refractivity contribution in [2.24, 2.45) is 5.92 Å². The highest BCUT2D eigenvalue weighted by atomic mass is 16.1. The van der Waals surface area contributed by atoms with E-state index in [-0.39, 0.29) is 5.92 Å². The Labute approximate surface area is 102 Å². The van der Waals surface area contributed by atoms with Crippen LogP contribution in [0.3, 0.4) is 0 Å². The van der Waals surface area contributed by atoms with Gasteiger partial charge in [-0.05, 0) is 36.1 Å². The second-order valence-corrected chi connectivity index (χ2v) is 4.56. The number of carbonyl (C=O) groups excluding carboxylic acids is 1. The van der Waals surface area contributed by atoms with Crippen molar-refractivity contribution >= 4 is 16.6 Å². The number of ketones is 1. The van der Waals surface area contributed by atoms with Crippen molar-refractivity contribution in [2.45, 2.75) is 26.7 Å². The van der Waals surface area contributed by atoms with Gasteiger partial charge in [-0.15, -0.1) is 0 Å². The third kappa shape index (κ3) is 2.55. The van der Waals surface area contributed by atoms with E-state index < -0.39 is 0 Å². The first kappa shape index (κ1) is 11.8. The van der Waals surface area contributed by atoms with E-state index >= 15 is 0 Å². The Morgan fingerprint density at radius 3 is 2.53 bits per heavy atom. The molecule has 88 valence electrons. The van der Waals surface area contributed by atoms with Crippen LogP contribution in [0, 0.1) is 5.92 Å². The molecule has 0 aromatic heterocycles. The molecule has 17 heavy (non-hydrogen) atoms. The van der Waals surface area contributed by atoms with E-state index in [9.17, 15) is 4.79 Å². The molecule has 2 rings (SSSR count). The van der Waals surface area contributed by atoms with Crippen LogP contribution in [0.25, 0.3) is 10.8 Å². The van der Waals surface area contributed by atoms with Crippen LogP contribution in [-0.2, 0) is 11.2 Å². The molecule has 0 radical (unpaired) electrons. The minimum absolute atomic E-state index is 0.154. The molecule has 0 amide bonds. The summed E-state index contributed by atoms with van der Waals surface area (Å²) in [5, 5.41) is 2.53. The number of Topliss-reactive ketones (excluding diaryl/α,β-unsaturated/α-hetero) is 1. The van der Waals surface area contributed by atoms with Crippen molar-refractivity contribution < 1.29 is 4.79 Å². The fraction of sp³-hybridized carbons (Fsp3) is 0.312. The summed E-state index contributed by atoms with van der Waals surface area (Å²) in [6, 6.07) is 14.7. The van der Waals surface area contributed by atoms with E-state index in [4.69, 9.17) is 0 Å². The molecule has 0 N–H and O–H groups in total. The molecule has 0 heterocycles. The molecule has 2 aromatic carbocycles. The van der Waals surface area contributed by atoms with Crippen molar-refractivity contribution in [1.29, 1.82) is 0 Å². The Morgan fingerprint density at radius 1 is 1.12 bits per heavy atom. The van der Waals surface area contributed by atoms with Crippen molar-refractivity contribution in [3.63, 3.8) is 0 Å². The molecule has 1 heteroatoms. The average Bonchev–Trinajstić information content (AvgIpc) is 2.35. The molecular weight excluding hydrogens is 208 g/mol. The van der Waals surface area contributed by atoms with Gasteiger partial charge in [0.05, 0.1) is 0 Å². The quantitative estimate of drug-likeness (QED) is 0.770. The van der Waals surface area contributed by atoms with Gasteiger partial charge in [-0.25, -0.2) is 0 Å². The highest BCUT2D eigenvalue weighted by Gasteiger charge is 2.13. The lowest BCUT2D eigenvalue weighted by Crippen LogP contribution is -2.12. The maximum absolute atomic E-state index is 11.5. The molecular formula is C16H18O. The lowest BCUT2D eigenvalue weighted by molar-refractivity contribution is -0.120. The van der Waals surface area contributed by atoms with Crippen LogP contribution in [0.2, 0.25) is 0 Å². The lowest BCUT2D eigenvalue weighted by Gasteiger charge is -2.13. The van der Waals surface area contributed by atoms with Crippen molar-refractivity contribution in [2.75, 3.05) is 0 Å². The number of benzene rings is 2. The van der Waals surface area contributed by atoms with Crippen LogP contribution in [-0.4, -0.2) is 5.78 Å². The summed E-state index contributed by atoms with van der Waals surface area (Å²) in [6.45, 7) is 3.77. The molecule has 0 aliphatic carbocycles. The predicted molar refractivity (Wildman–Crippen MR) is 72.1 cm³/mol. The van der Waals surface area contributed by atoms with Crippen molar-refractivity contribution in [1.82, 2.24) is 0 Å². The van der Waals surface area contributed by atoms with Gasteiger partial charge in [0.2, 0.25) is 0 Å². The molecule has 0 saturated carbocycles. The van der Waals surface area contributed by atoms with E-state index in [1.165, 1.54) is 16.3 Å². The molecule has 0 saturated heterocycles. The summed E-state index contributed by atoms with van der Waals surface area (Å²) in [7, 11) is 0. The van der Waals surface area contributed by atoms with Crippen molar-refractivity contribution in [3.8, 4) is 0 Å². The van der Waals surface area contributed by atoms with Gasteiger partial charge < -0.3 is 0 Å². The first-order chi connectivity index (χ1) is 8.22. The minimum Gasteiger partial charge on any atom is -0.300 e. The largest absolute Gasteiger partial charge is 0.300 e. The normalized spacial score (nSPS) is 12.6. The summed E-state index contributed by atoms with van der Waals surface area (Å²) in [4.78, 5) is 11.5. The zero-order valence-electron chi connectivity index (χ0n) is 10.4. The maximum Gasteiger partial charge on any atom is 0.133 e. The zero-order valence-corrected chi connectivity index (χ0v) is 10.4. The summed E-state index contributed by atoms with van der Waals surface area (Å²) >= 11 is 0. The summed E-state index contributed by atoms with van der Waals surface area (Å²) in [5.41, 5.74) is 1.28. The monoisotopic (exact) mass is 226 g/mol. The summed E-state index contributed by atoms with van der Waals surface area (Å²) in [6.07, 6.45) is 1.77. The van der Waals surface area contributed by atoms with Gasteiger partial charge in [0.1, 0.15) is 5.78 Å². The number of hydrogen-bond acceptors (Lipinski definition) is 1. The van der Waals surface area contributed by atoms with Crippen LogP contribution < -0.4 is 0 Å². The van der Waals surface area contributed by atoms with Gasteiger partial charge in [-0.3, -0.25) is 4.79 Å². The lowest BCUT2D eigenvalue weighted by atomic mass is 9.91. The van der Waals surface area contributed by atoms with Gasteiger partial charge in [-0.2, -0.15) is 0 Å². The van der Waals surface area contributed by atoms with Crippen LogP contribution in [0.5, 0.6) is 0 Å². The van der Waals surface area contributed by atoms with Crippen LogP contribution in [0.4, 0.5) is 0 Å². The maximum atomic E-state index is 11.5. The number of rotatable bonds is 4. The third-order valence-electron chi connectivity index (χ3n) is 3.41. The highest BCUT2D eigenvalue weighted by molar-refractivity contribution is 5.86. The minimum atomic E-state index is 0.154. The summed E-state index contributed by atoms with van der Waals surface area (Å²) in [5.74, 6) is 0.446. The topological polar surface area (TPSA) is 17.1 Å². The van der Waals surface area contributed by atoms with E-state index in [1.807, 2.05) is 6.07 Å². The first-order valence-corrected chi connectivity index (χ1v) is 6.19. The number of hydrogen-bond donors (Lipinski definition) is 0. The molecule has 0 bridgehead atoms. The fourth-order valence-corrected chi connectivity index (χ4v) is 2.31. The smallest absolute Gasteiger partial charge is 0.133 e. The van der Waals surface area contributed by atoms with Gasteiger partial charge in [0.15, 0.2) is 0 Å². The highest BCUT2D eigenvalue weighted by Crippen LogP contribution is 2.22. The second-order valence-electron chi connectivity index (χ2n) is 4.56. The molecule has 1 nitrogen and oxygen atoms in total. The third-order valence-corrected chi connectivity index (χ3v) is 3.41. The Balaban J connectivity index is 2.38. The molecule has 0 aliphatic heterocycles. The number of fused-ring (bicyclic) bond motifs is 1. The fourth-order valence-electron chi connectivity index (χ4n) is 2.31. The van der Waals surface area contributed by atoms with E-state index in [0.717, 1.165) is 12.8 Å². The van der Waals surface area contributed by atoms with Gasteiger partial charge >= 0.3 is 0 Å². The van der Waals surface area contributed by atoms with Gasteiger partial charge in [-0.1, -0.05) is 49.4 Å². The van der Waals surface area contributed by atoms with Crippen LogP contribution in [0.15, 0.2) is 42.5 Å². The standard InChI is InChI=1S/C16H18O/c1-3-13(12(2)17)11-15-9-6-8-14-7-4-5-10-16(14)15/h4-10,13H,3,11H2,1-2H3/t13-/m1/s1. The van der Waals surface area contributed by atoms with E-state index in [1.54, 1.807) is 6.92 Å². The molecule has 0 spiro atoms. The molecule has 0 fully saturated rings. The van der Waals surface area contributed by atoms with Crippen LogP contribution >= 0.6 is 0 Å². The molecule has 0 unspecified atom stereocenters. The average molecular weight is 226 g/mol. The Bertz CT molecular complexity index is 523. The second kappa shape index (κ2) is 5.13. The Morgan fingerprint density at radius 2 is 1.82 bits per heavy atom. The zero-order chi connectivity index (χ0) is 12.3. The Kier molecular flexibility index (Phi) is 3.58. The SMILES string of the molecule is CC[C@H](Cc1cccc2ccccc12)C(C)=O. The van der Waals surface area contributed by atoms with E-state index in [2.05, 4.69) is 43.3 Å². The van der Waals surface area contributed by atoms with Gasteiger partial charge in [0, 0.05) is 5.92 Å².